The Morgan fingerprint density at radius 2 is 2.06 bits per heavy atom. The number of carbonyl (C=O) groups excluding carboxylic acids is 2. The minimum Gasteiger partial charge on any atom is -0.545 e. The Bertz CT molecular complexity index is 455. The number of halogens is 1. The van der Waals surface area contributed by atoms with Crippen molar-refractivity contribution in [1.29, 1.82) is 0 Å². The lowest BCUT2D eigenvalue weighted by Gasteiger charge is -2.06. The van der Waals surface area contributed by atoms with E-state index in [1.807, 2.05) is 0 Å². The molecule has 84 valence electrons. The lowest BCUT2D eigenvalue weighted by Crippen LogP contribution is -2.20. The average molecular weight is 239 g/mol. The monoisotopic (exact) mass is 238 g/mol. The summed E-state index contributed by atoms with van der Waals surface area (Å²) in [6.07, 6.45) is 1.55. The average Bonchev–Trinajstić information content (AvgIpc) is 2.20. The first-order valence-corrected chi connectivity index (χ1v) is 4.83. The van der Waals surface area contributed by atoms with Gasteiger partial charge in [0.2, 0.25) is 5.91 Å². The summed E-state index contributed by atoms with van der Waals surface area (Å²) < 4.78 is 0. The van der Waals surface area contributed by atoms with Crippen molar-refractivity contribution in [2.24, 2.45) is 0 Å². The first-order chi connectivity index (χ1) is 7.49. The summed E-state index contributed by atoms with van der Waals surface area (Å²) >= 11 is 5.75. The fraction of sp³-hybridized carbons (Fsp3) is 0.0909. The van der Waals surface area contributed by atoms with Gasteiger partial charge in [-0.05, 0) is 30.7 Å². The lowest BCUT2D eigenvalue weighted by atomic mass is 10.2. The highest BCUT2D eigenvalue weighted by Gasteiger charge is 2.02. The SMILES string of the molecule is Cc1ccc(Cl)cc1NC(=O)/C=C/C(=O)[O-]. The number of amides is 1. The third-order valence-electron chi connectivity index (χ3n) is 1.83. The first kappa shape index (κ1) is 12.3. The number of nitrogens with one attached hydrogen (secondary N) is 1. The molecule has 0 aliphatic rings. The second-order valence-corrected chi connectivity index (χ2v) is 3.54. The number of carboxylic acids is 1. The predicted octanol–water partition coefficient (Wildman–Crippen LogP) is 0.893. The van der Waals surface area contributed by atoms with Crippen LogP contribution in [0.5, 0.6) is 0 Å². The second-order valence-electron chi connectivity index (χ2n) is 3.10. The van der Waals surface area contributed by atoms with E-state index in [0.717, 1.165) is 11.6 Å². The minimum atomic E-state index is -1.42. The van der Waals surface area contributed by atoms with Crippen molar-refractivity contribution >= 4 is 29.2 Å². The van der Waals surface area contributed by atoms with E-state index in [2.05, 4.69) is 5.32 Å². The topological polar surface area (TPSA) is 69.2 Å². The number of aryl methyl sites for hydroxylation is 1. The van der Waals surface area contributed by atoms with Crippen molar-refractivity contribution in [3.05, 3.63) is 40.9 Å². The molecule has 0 aliphatic carbocycles. The molecule has 0 fully saturated rings. The van der Waals surface area contributed by atoms with Gasteiger partial charge in [-0.25, -0.2) is 0 Å². The van der Waals surface area contributed by atoms with Gasteiger partial charge in [-0.1, -0.05) is 17.7 Å². The van der Waals surface area contributed by atoms with E-state index in [-0.39, 0.29) is 0 Å². The number of hydrogen-bond acceptors (Lipinski definition) is 3. The van der Waals surface area contributed by atoms with Gasteiger partial charge < -0.3 is 15.2 Å². The summed E-state index contributed by atoms with van der Waals surface area (Å²) in [4.78, 5) is 21.3. The van der Waals surface area contributed by atoms with Gasteiger partial charge in [0.15, 0.2) is 0 Å². The molecule has 1 rings (SSSR count). The van der Waals surface area contributed by atoms with Crippen LogP contribution in [-0.4, -0.2) is 11.9 Å². The van der Waals surface area contributed by atoms with Gasteiger partial charge in [-0.15, -0.1) is 0 Å². The number of aliphatic carboxylic acids is 1. The number of anilines is 1. The Morgan fingerprint density at radius 3 is 2.69 bits per heavy atom. The molecule has 0 saturated carbocycles. The second kappa shape index (κ2) is 5.32. The molecule has 1 N–H and O–H groups in total. The van der Waals surface area contributed by atoms with Crippen LogP contribution in [-0.2, 0) is 9.59 Å². The summed E-state index contributed by atoms with van der Waals surface area (Å²) in [5, 5.41) is 13.1. The molecular weight excluding hydrogens is 230 g/mol. The smallest absolute Gasteiger partial charge is 0.248 e. The standard InChI is InChI=1S/C11H10ClNO3/c1-7-2-3-8(12)6-9(7)13-10(14)4-5-11(15)16/h2-6H,1H3,(H,13,14)(H,15,16)/p-1/b5-4+. The molecule has 0 bridgehead atoms. The molecule has 1 aromatic carbocycles. The quantitative estimate of drug-likeness (QED) is 0.796. The third kappa shape index (κ3) is 3.74. The van der Waals surface area contributed by atoms with E-state index >= 15 is 0 Å². The van der Waals surface area contributed by atoms with Crippen molar-refractivity contribution in [2.75, 3.05) is 5.32 Å². The van der Waals surface area contributed by atoms with E-state index in [9.17, 15) is 14.7 Å². The van der Waals surface area contributed by atoms with E-state index in [1.165, 1.54) is 0 Å². The first-order valence-electron chi connectivity index (χ1n) is 4.45. The highest BCUT2D eigenvalue weighted by atomic mass is 35.5. The maximum absolute atomic E-state index is 11.2. The molecule has 0 spiro atoms. The molecule has 0 heterocycles. The van der Waals surface area contributed by atoms with Crippen molar-refractivity contribution in [1.82, 2.24) is 0 Å². The van der Waals surface area contributed by atoms with E-state index < -0.39 is 11.9 Å². The molecule has 0 aliphatic heterocycles. The number of carboxylic acid groups (broad SMARTS) is 1. The largest absolute Gasteiger partial charge is 0.545 e. The number of rotatable bonds is 3. The molecule has 4 nitrogen and oxygen atoms in total. The fourth-order valence-corrected chi connectivity index (χ4v) is 1.22. The van der Waals surface area contributed by atoms with Gasteiger partial charge >= 0.3 is 0 Å². The molecule has 1 amide bonds. The van der Waals surface area contributed by atoms with Crippen LogP contribution in [0.2, 0.25) is 5.02 Å². The van der Waals surface area contributed by atoms with Crippen molar-refractivity contribution in [3.8, 4) is 0 Å². The number of carbonyl (C=O) groups is 2. The van der Waals surface area contributed by atoms with Crippen molar-refractivity contribution < 1.29 is 14.7 Å². The van der Waals surface area contributed by atoms with Crippen LogP contribution in [0.25, 0.3) is 0 Å². The van der Waals surface area contributed by atoms with Crippen molar-refractivity contribution in [2.45, 2.75) is 6.92 Å². The Labute approximate surface area is 97.5 Å². The van der Waals surface area contributed by atoms with Crippen molar-refractivity contribution in [3.63, 3.8) is 0 Å². The maximum Gasteiger partial charge on any atom is 0.248 e. The molecule has 5 heteroatoms. The van der Waals surface area contributed by atoms with Crippen LogP contribution in [0.15, 0.2) is 30.4 Å². The van der Waals surface area contributed by atoms with Gasteiger partial charge in [0.25, 0.3) is 0 Å². The molecule has 1 aromatic rings. The highest BCUT2D eigenvalue weighted by molar-refractivity contribution is 6.31. The molecule has 0 radical (unpaired) electrons. The molecule has 16 heavy (non-hydrogen) atoms. The summed E-state index contributed by atoms with van der Waals surface area (Å²) in [5.74, 6) is -1.97. The van der Waals surface area contributed by atoms with Crippen LogP contribution in [0.3, 0.4) is 0 Å². The molecule has 0 saturated heterocycles. The zero-order valence-corrected chi connectivity index (χ0v) is 9.25. The number of hydrogen-bond donors (Lipinski definition) is 1. The van der Waals surface area contributed by atoms with Gasteiger partial charge in [-0.3, -0.25) is 4.79 Å². The Hall–Kier alpha value is -1.81. The highest BCUT2D eigenvalue weighted by Crippen LogP contribution is 2.19. The van der Waals surface area contributed by atoms with Gasteiger partial charge in [-0.2, -0.15) is 0 Å². The summed E-state index contributed by atoms with van der Waals surface area (Å²) in [7, 11) is 0. The maximum atomic E-state index is 11.2. The van der Waals surface area contributed by atoms with Crippen LogP contribution in [0.4, 0.5) is 5.69 Å². The zero-order valence-electron chi connectivity index (χ0n) is 8.49. The normalized spacial score (nSPS) is 10.4. The van der Waals surface area contributed by atoms with Crippen LogP contribution in [0.1, 0.15) is 5.56 Å². The summed E-state index contributed by atoms with van der Waals surface area (Å²) in [6.45, 7) is 1.80. The van der Waals surface area contributed by atoms with Gasteiger partial charge in [0.05, 0.1) is 5.97 Å². The van der Waals surface area contributed by atoms with Crippen LogP contribution in [0, 0.1) is 6.92 Å². The Kier molecular flexibility index (Phi) is 4.08. The molecule has 0 atom stereocenters. The zero-order chi connectivity index (χ0) is 12.1. The molecule has 0 unspecified atom stereocenters. The van der Waals surface area contributed by atoms with Crippen LogP contribution >= 0.6 is 11.6 Å². The van der Waals surface area contributed by atoms with Gasteiger partial charge in [0.1, 0.15) is 0 Å². The Morgan fingerprint density at radius 1 is 1.38 bits per heavy atom. The summed E-state index contributed by atoms with van der Waals surface area (Å²) in [6, 6.07) is 5.03. The minimum absolute atomic E-state index is 0.491. The van der Waals surface area contributed by atoms with E-state index in [1.54, 1.807) is 25.1 Å². The third-order valence-corrected chi connectivity index (χ3v) is 2.06. The predicted molar refractivity (Wildman–Crippen MR) is 59.0 cm³/mol. The Balaban J connectivity index is 2.77. The number of benzene rings is 1. The van der Waals surface area contributed by atoms with Crippen LogP contribution < -0.4 is 10.4 Å². The van der Waals surface area contributed by atoms with E-state index in [0.29, 0.717) is 16.8 Å². The van der Waals surface area contributed by atoms with E-state index in [4.69, 9.17) is 11.6 Å². The molecular formula is C11H9ClNO3-. The molecule has 0 aromatic heterocycles. The summed E-state index contributed by atoms with van der Waals surface area (Å²) in [5.41, 5.74) is 1.38. The van der Waals surface area contributed by atoms with Gasteiger partial charge in [0, 0.05) is 16.8 Å². The fourth-order valence-electron chi connectivity index (χ4n) is 1.05. The lowest BCUT2D eigenvalue weighted by molar-refractivity contribution is -0.297.